The zero-order valence-electron chi connectivity index (χ0n) is 8.92. The Morgan fingerprint density at radius 2 is 1.73 bits per heavy atom. The van der Waals surface area contributed by atoms with Gasteiger partial charge in [0, 0.05) is 16.9 Å². The number of hydrogen-bond donors (Lipinski definition) is 1. The van der Waals surface area contributed by atoms with Gasteiger partial charge in [-0.1, -0.05) is 37.6 Å². The fourth-order valence-electron chi connectivity index (χ4n) is 1.73. The molecule has 1 nitrogen and oxygen atoms in total. The SMILES string of the molecule is CC(C)c1cc[nH]c1-c1ccc(Cl)cc1. The van der Waals surface area contributed by atoms with Crippen LogP contribution in [-0.2, 0) is 0 Å². The highest BCUT2D eigenvalue weighted by Crippen LogP contribution is 2.28. The van der Waals surface area contributed by atoms with Crippen molar-refractivity contribution < 1.29 is 0 Å². The second-order valence-electron chi connectivity index (χ2n) is 3.97. The van der Waals surface area contributed by atoms with Crippen LogP contribution in [-0.4, -0.2) is 4.98 Å². The predicted molar refractivity (Wildman–Crippen MR) is 65.3 cm³/mol. The van der Waals surface area contributed by atoms with Gasteiger partial charge in [-0.2, -0.15) is 0 Å². The zero-order valence-corrected chi connectivity index (χ0v) is 9.68. The lowest BCUT2D eigenvalue weighted by atomic mass is 10.00. The summed E-state index contributed by atoms with van der Waals surface area (Å²) in [4.78, 5) is 3.28. The van der Waals surface area contributed by atoms with Crippen LogP contribution in [0.2, 0.25) is 5.02 Å². The van der Waals surface area contributed by atoms with Crippen LogP contribution in [0.5, 0.6) is 0 Å². The number of H-pyrrole nitrogens is 1. The van der Waals surface area contributed by atoms with Crippen molar-refractivity contribution in [1.82, 2.24) is 4.98 Å². The van der Waals surface area contributed by atoms with Crippen molar-refractivity contribution in [1.29, 1.82) is 0 Å². The number of aromatic amines is 1. The lowest BCUT2D eigenvalue weighted by Crippen LogP contribution is -1.88. The van der Waals surface area contributed by atoms with Crippen LogP contribution in [0, 0.1) is 0 Å². The molecule has 0 aliphatic rings. The molecule has 2 rings (SSSR count). The first kappa shape index (κ1) is 10.3. The second-order valence-corrected chi connectivity index (χ2v) is 4.41. The molecule has 0 saturated heterocycles. The molecule has 1 aromatic carbocycles. The van der Waals surface area contributed by atoms with E-state index in [0.717, 1.165) is 5.02 Å². The number of benzene rings is 1. The van der Waals surface area contributed by atoms with Gasteiger partial charge in [-0.05, 0) is 35.2 Å². The standard InChI is InChI=1S/C13H14ClN/c1-9(2)12-7-8-15-13(12)10-3-5-11(14)6-4-10/h3-9,15H,1-2H3. The topological polar surface area (TPSA) is 15.8 Å². The summed E-state index contributed by atoms with van der Waals surface area (Å²) in [6.07, 6.45) is 1.99. The molecule has 0 fully saturated rings. The summed E-state index contributed by atoms with van der Waals surface area (Å²) >= 11 is 5.87. The lowest BCUT2D eigenvalue weighted by molar-refractivity contribution is 0.871. The van der Waals surface area contributed by atoms with E-state index in [9.17, 15) is 0 Å². The first-order valence-electron chi connectivity index (χ1n) is 5.11. The number of halogens is 1. The van der Waals surface area contributed by atoms with E-state index in [1.165, 1.54) is 16.8 Å². The molecular weight excluding hydrogens is 206 g/mol. The van der Waals surface area contributed by atoms with Gasteiger partial charge in [0.1, 0.15) is 0 Å². The fraction of sp³-hybridized carbons (Fsp3) is 0.231. The molecule has 2 aromatic rings. The quantitative estimate of drug-likeness (QED) is 0.768. The molecule has 1 heterocycles. The van der Waals surface area contributed by atoms with Crippen LogP contribution in [0.1, 0.15) is 25.3 Å². The summed E-state index contributed by atoms with van der Waals surface area (Å²) in [5.74, 6) is 0.530. The number of nitrogens with one attached hydrogen (secondary N) is 1. The Bertz CT molecular complexity index is 440. The smallest absolute Gasteiger partial charge is 0.0489 e. The Hall–Kier alpha value is -1.21. The molecule has 0 amide bonds. The maximum Gasteiger partial charge on any atom is 0.0489 e. The molecule has 0 bridgehead atoms. The summed E-state index contributed by atoms with van der Waals surface area (Å²) in [6, 6.07) is 10.1. The van der Waals surface area contributed by atoms with Gasteiger partial charge < -0.3 is 4.98 Å². The Kier molecular flexibility index (Phi) is 2.83. The first-order valence-corrected chi connectivity index (χ1v) is 5.49. The van der Waals surface area contributed by atoms with Crippen molar-refractivity contribution in [3.8, 4) is 11.3 Å². The first-order chi connectivity index (χ1) is 7.18. The summed E-state index contributed by atoms with van der Waals surface area (Å²) in [5.41, 5.74) is 3.73. The number of aromatic nitrogens is 1. The van der Waals surface area contributed by atoms with Gasteiger partial charge in [-0.15, -0.1) is 0 Å². The number of hydrogen-bond acceptors (Lipinski definition) is 0. The van der Waals surface area contributed by atoms with Crippen molar-refractivity contribution in [3.63, 3.8) is 0 Å². The highest BCUT2D eigenvalue weighted by Gasteiger charge is 2.08. The third-order valence-corrected chi connectivity index (χ3v) is 2.79. The van der Waals surface area contributed by atoms with E-state index >= 15 is 0 Å². The molecule has 0 aliphatic heterocycles. The molecule has 0 aliphatic carbocycles. The third-order valence-electron chi connectivity index (χ3n) is 2.53. The lowest BCUT2D eigenvalue weighted by Gasteiger charge is -2.07. The van der Waals surface area contributed by atoms with Gasteiger partial charge in [-0.3, -0.25) is 0 Å². The molecule has 78 valence electrons. The van der Waals surface area contributed by atoms with E-state index in [2.05, 4.69) is 24.9 Å². The minimum Gasteiger partial charge on any atom is -0.361 e. The van der Waals surface area contributed by atoms with Gasteiger partial charge in [-0.25, -0.2) is 0 Å². The minimum atomic E-state index is 0.530. The highest BCUT2D eigenvalue weighted by atomic mass is 35.5. The summed E-state index contributed by atoms with van der Waals surface area (Å²) < 4.78 is 0. The molecule has 0 saturated carbocycles. The van der Waals surface area contributed by atoms with Gasteiger partial charge >= 0.3 is 0 Å². The molecule has 0 spiro atoms. The molecule has 15 heavy (non-hydrogen) atoms. The molecule has 0 atom stereocenters. The Balaban J connectivity index is 2.45. The van der Waals surface area contributed by atoms with Crippen molar-refractivity contribution in [2.75, 3.05) is 0 Å². The van der Waals surface area contributed by atoms with Crippen molar-refractivity contribution in [2.24, 2.45) is 0 Å². The van der Waals surface area contributed by atoms with Gasteiger partial charge in [0.25, 0.3) is 0 Å². The zero-order chi connectivity index (χ0) is 10.8. The van der Waals surface area contributed by atoms with E-state index in [-0.39, 0.29) is 0 Å². The molecule has 1 aromatic heterocycles. The van der Waals surface area contributed by atoms with Gasteiger partial charge in [0.15, 0.2) is 0 Å². The highest BCUT2D eigenvalue weighted by molar-refractivity contribution is 6.30. The fourth-order valence-corrected chi connectivity index (χ4v) is 1.86. The Labute approximate surface area is 95.1 Å². The maximum absolute atomic E-state index is 5.87. The predicted octanol–water partition coefficient (Wildman–Crippen LogP) is 4.46. The van der Waals surface area contributed by atoms with Crippen LogP contribution in [0.4, 0.5) is 0 Å². The minimum absolute atomic E-state index is 0.530. The number of rotatable bonds is 2. The van der Waals surface area contributed by atoms with E-state index in [4.69, 9.17) is 11.6 Å². The van der Waals surface area contributed by atoms with Crippen LogP contribution in [0.15, 0.2) is 36.5 Å². The average molecular weight is 220 g/mol. The molecule has 0 radical (unpaired) electrons. The van der Waals surface area contributed by atoms with E-state index < -0.39 is 0 Å². The van der Waals surface area contributed by atoms with E-state index in [1.807, 2.05) is 30.5 Å². The van der Waals surface area contributed by atoms with Crippen molar-refractivity contribution >= 4 is 11.6 Å². The van der Waals surface area contributed by atoms with E-state index in [0.29, 0.717) is 5.92 Å². The summed E-state index contributed by atoms with van der Waals surface area (Å²) in [5, 5.41) is 0.774. The van der Waals surface area contributed by atoms with Crippen molar-refractivity contribution in [3.05, 3.63) is 47.1 Å². The Morgan fingerprint density at radius 1 is 1.07 bits per heavy atom. The van der Waals surface area contributed by atoms with Crippen LogP contribution in [0.25, 0.3) is 11.3 Å². The van der Waals surface area contributed by atoms with Crippen molar-refractivity contribution in [2.45, 2.75) is 19.8 Å². The summed E-state index contributed by atoms with van der Waals surface area (Å²) in [7, 11) is 0. The van der Waals surface area contributed by atoms with Crippen LogP contribution in [0.3, 0.4) is 0 Å². The molecule has 0 unspecified atom stereocenters. The summed E-state index contributed by atoms with van der Waals surface area (Å²) in [6.45, 7) is 4.39. The Morgan fingerprint density at radius 3 is 2.33 bits per heavy atom. The second kappa shape index (κ2) is 4.11. The van der Waals surface area contributed by atoms with Crippen LogP contribution < -0.4 is 0 Å². The normalized spacial score (nSPS) is 10.9. The van der Waals surface area contributed by atoms with Crippen LogP contribution >= 0.6 is 11.6 Å². The largest absolute Gasteiger partial charge is 0.361 e. The van der Waals surface area contributed by atoms with Gasteiger partial charge in [0.2, 0.25) is 0 Å². The average Bonchev–Trinajstić information content (AvgIpc) is 2.67. The maximum atomic E-state index is 5.87. The molecule has 2 heteroatoms. The van der Waals surface area contributed by atoms with Gasteiger partial charge in [0.05, 0.1) is 0 Å². The monoisotopic (exact) mass is 219 g/mol. The third kappa shape index (κ3) is 2.07. The molecular formula is C13H14ClN. The molecule has 1 N–H and O–H groups in total. The van der Waals surface area contributed by atoms with E-state index in [1.54, 1.807) is 0 Å².